The lowest BCUT2D eigenvalue weighted by molar-refractivity contribution is 0.112. The van der Waals surface area contributed by atoms with Crippen LogP contribution in [0.1, 0.15) is 9.80 Å². The number of aromatic nitrogens is 2. The van der Waals surface area contributed by atoms with Gasteiger partial charge in [-0.2, -0.15) is 0 Å². The van der Waals surface area contributed by atoms with E-state index in [4.69, 9.17) is 0 Å². The molecule has 60 valence electrons. The smallest absolute Gasteiger partial charge is 0.178 e. The first kappa shape index (κ1) is 7.24. The highest BCUT2D eigenvalue weighted by atomic mass is 32.1. The fourth-order valence-corrected chi connectivity index (χ4v) is 1.67. The van der Waals surface area contributed by atoms with Crippen LogP contribution in [0.3, 0.4) is 0 Å². The van der Waals surface area contributed by atoms with Crippen molar-refractivity contribution in [3.63, 3.8) is 0 Å². The Kier molecular flexibility index (Phi) is 1.75. The Hall–Kier alpha value is -1.42. The van der Waals surface area contributed by atoms with Crippen LogP contribution in [0, 0.1) is 0 Å². The van der Waals surface area contributed by atoms with Gasteiger partial charge in [-0.15, -0.1) is 11.3 Å². The minimum atomic E-state index is 0.514. The zero-order valence-corrected chi connectivity index (χ0v) is 6.97. The number of hydrogen-bond acceptors (Lipinski definition) is 3. The summed E-state index contributed by atoms with van der Waals surface area (Å²) in [6.07, 6.45) is 4.30. The Morgan fingerprint density at radius 1 is 1.58 bits per heavy atom. The molecule has 2 heterocycles. The highest BCUT2D eigenvalue weighted by molar-refractivity contribution is 7.16. The molecule has 0 aliphatic carbocycles. The predicted octanol–water partition coefficient (Wildman–Crippen LogP) is 1.95. The second-order valence-electron chi connectivity index (χ2n) is 2.26. The van der Waals surface area contributed by atoms with Gasteiger partial charge in [0, 0.05) is 12.4 Å². The van der Waals surface area contributed by atoms with Crippen molar-refractivity contribution >= 4 is 17.6 Å². The van der Waals surface area contributed by atoms with Crippen molar-refractivity contribution in [2.24, 2.45) is 0 Å². The van der Waals surface area contributed by atoms with Crippen molar-refractivity contribution in [3.05, 3.63) is 29.5 Å². The second kappa shape index (κ2) is 2.91. The van der Waals surface area contributed by atoms with E-state index < -0.39 is 0 Å². The maximum atomic E-state index is 10.3. The number of hydrogen-bond donors (Lipinski definition) is 1. The van der Waals surface area contributed by atoms with E-state index in [9.17, 15) is 4.79 Å². The summed E-state index contributed by atoms with van der Waals surface area (Å²) in [4.78, 5) is 18.3. The number of nitrogens with zero attached hydrogens (tertiary/aromatic N) is 1. The molecule has 3 nitrogen and oxygen atoms in total. The predicted molar refractivity (Wildman–Crippen MR) is 47.3 cm³/mol. The minimum Gasteiger partial charge on any atom is -0.360 e. The molecule has 4 heteroatoms. The van der Waals surface area contributed by atoms with Crippen LogP contribution < -0.4 is 0 Å². The number of carbonyl (C=O) groups excluding carboxylic acids is 1. The first-order chi connectivity index (χ1) is 5.90. The molecular formula is C8H6N2OS. The normalized spacial score (nSPS) is 10.0. The molecular weight excluding hydrogens is 172 g/mol. The molecule has 0 unspecified atom stereocenters. The topological polar surface area (TPSA) is 45.8 Å². The van der Waals surface area contributed by atoms with E-state index in [0.717, 1.165) is 16.9 Å². The molecule has 0 bridgehead atoms. The Labute approximate surface area is 73.1 Å². The number of H-pyrrole nitrogens is 1. The molecule has 0 amide bonds. The molecule has 12 heavy (non-hydrogen) atoms. The van der Waals surface area contributed by atoms with E-state index in [2.05, 4.69) is 9.97 Å². The molecule has 0 aliphatic heterocycles. The van der Waals surface area contributed by atoms with Gasteiger partial charge in [0.05, 0.1) is 10.6 Å². The molecule has 0 fully saturated rings. The monoisotopic (exact) mass is 178 g/mol. The van der Waals surface area contributed by atoms with E-state index in [-0.39, 0.29) is 0 Å². The summed E-state index contributed by atoms with van der Waals surface area (Å²) in [5, 5.41) is 0.514. The molecule has 2 rings (SSSR count). The first-order valence-electron chi connectivity index (χ1n) is 3.45. The van der Waals surface area contributed by atoms with Gasteiger partial charge >= 0.3 is 0 Å². The van der Waals surface area contributed by atoms with Crippen molar-refractivity contribution < 1.29 is 4.79 Å². The molecule has 0 atom stereocenters. The molecule has 2 aromatic rings. The second-order valence-corrected chi connectivity index (χ2v) is 3.33. The lowest BCUT2D eigenvalue weighted by Gasteiger charge is -1.86. The number of aromatic amines is 1. The third-order valence-corrected chi connectivity index (χ3v) is 2.44. The summed E-state index contributed by atoms with van der Waals surface area (Å²) in [6, 6.07) is 3.86. The van der Waals surface area contributed by atoms with E-state index in [1.807, 2.05) is 18.3 Å². The van der Waals surface area contributed by atoms with Crippen molar-refractivity contribution in [1.82, 2.24) is 9.97 Å². The SMILES string of the molecule is O=Cc1ncc(-c2ccc[nH]2)s1. The Morgan fingerprint density at radius 2 is 2.50 bits per heavy atom. The Balaban J connectivity index is 2.41. The molecule has 1 N–H and O–H groups in total. The average Bonchev–Trinajstić information content (AvgIpc) is 2.75. The maximum Gasteiger partial charge on any atom is 0.178 e. The summed E-state index contributed by atoms with van der Waals surface area (Å²) in [6.45, 7) is 0. The van der Waals surface area contributed by atoms with Crippen LogP contribution in [0.2, 0.25) is 0 Å². The summed E-state index contributed by atoms with van der Waals surface area (Å²) >= 11 is 1.38. The molecule has 2 aromatic heterocycles. The van der Waals surface area contributed by atoms with E-state index in [1.165, 1.54) is 11.3 Å². The third kappa shape index (κ3) is 1.16. The van der Waals surface area contributed by atoms with E-state index in [0.29, 0.717) is 5.01 Å². The van der Waals surface area contributed by atoms with Gasteiger partial charge < -0.3 is 4.98 Å². The van der Waals surface area contributed by atoms with E-state index >= 15 is 0 Å². The van der Waals surface area contributed by atoms with Gasteiger partial charge in [0.25, 0.3) is 0 Å². The van der Waals surface area contributed by atoms with Crippen molar-refractivity contribution in [2.75, 3.05) is 0 Å². The summed E-state index contributed by atoms with van der Waals surface area (Å²) in [7, 11) is 0. The van der Waals surface area contributed by atoms with Gasteiger partial charge in [-0.3, -0.25) is 4.79 Å². The Morgan fingerprint density at radius 3 is 3.08 bits per heavy atom. The van der Waals surface area contributed by atoms with Crippen LogP contribution in [0.5, 0.6) is 0 Å². The molecule has 0 saturated carbocycles. The minimum absolute atomic E-state index is 0.514. The maximum absolute atomic E-state index is 10.3. The lowest BCUT2D eigenvalue weighted by Crippen LogP contribution is -1.69. The highest BCUT2D eigenvalue weighted by Crippen LogP contribution is 2.23. The molecule has 0 spiro atoms. The first-order valence-corrected chi connectivity index (χ1v) is 4.26. The van der Waals surface area contributed by atoms with Crippen LogP contribution in [-0.4, -0.2) is 16.3 Å². The standard InChI is InChI=1S/C8H6N2OS/c11-5-8-10-4-7(12-8)6-2-1-3-9-6/h1-5,9H. The summed E-state index contributed by atoms with van der Waals surface area (Å²) in [5.74, 6) is 0. The quantitative estimate of drug-likeness (QED) is 0.714. The van der Waals surface area contributed by atoms with E-state index in [1.54, 1.807) is 6.20 Å². The molecule has 0 saturated heterocycles. The fourth-order valence-electron chi connectivity index (χ4n) is 0.950. The van der Waals surface area contributed by atoms with Crippen LogP contribution in [0.25, 0.3) is 10.6 Å². The van der Waals surface area contributed by atoms with Crippen molar-refractivity contribution in [1.29, 1.82) is 0 Å². The van der Waals surface area contributed by atoms with Gasteiger partial charge in [0.1, 0.15) is 0 Å². The number of carbonyl (C=O) groups is 1. The van der Waals surface area contributed by atoms with Gasteiger partial charge in [0.2, 0.25) is 0 Å². The zero-order chi connectivity index (χ0) is 8.39. The van der Waals surface area contributed by atoms with Gasteiger partial charge in [-0.05, 0) is 12.1 Å². The van der Waals surface area contributed by atoms with Crippen LogP contribution in [0.4, 0.5) is 0 Å². The van der Waals surface area contributed by atoms with Crippen LogP contribution in [-0.2, 0) is 0 Å². The van der Waals surface area contributed by atoms with Gasteiger partial charge in [-0.1, -0.05) is 0 Å². The van der Waals surface area contributed by atoms with Crippen molar-refractivity contribution in [3.8, 4) is 10.6 Å². The highest BCUT2D eigenvalue weighted by Gasteiger charge is 2.02. The molecule has 0 aliphatic rings. The Bertz CT molecular complexity index is 377. The zero-order valence-electron chi connectivity index (χ0n) is 6.15. The largest absolute Gasteiger partial charge is 0.360 e. The van der Waals surface area contributed by atoms with Crippen LogP contribution >= 0.6 is 11.3 Å². The van der Waals surface area contributed by atoms with Gasteiger partial charge in [0.15, 0.2) is 11.3 Å². The van der Waals surface area contributed by atoms with Crippen LogP contribution in [0.15, 0.2) is 24.5 Å². The fraction of sp³-hybridized carbons (Fsp3) is 0. The third-order valence-electron chi connectivity index (χ3n) is 1.49. The lowest BCUT2D eigenvalue weighted by atomic mass is 10.4. The number of rotatable bonds is 2. The number of thiazole rings is 1. The van der Waals surface area contributed by atoms with Crippen molar-refractivity contribution in [2.45, 2.75) is 0 Å². The number of aldehydes is 1. The summed E-state index contributed by atoms with van der Waals surface area (Å²) in [5.41, 5.74) is 1.00. The number of nitrogens with one attached hydrogen (secondary N) is 1. The molecule has 0 radical (unpaired) electrons. The van der Waals surface area contributed by atoms with Gasteiger partial charge in [-0.25, -0.2) is 4.98 Å². The summed E-state index contributed by atoms with van der Waals surface area (Å²) < 4.78 is 0. The average molecular weight is 178 g/mol. The molecule has 0 aromatic carbocycles.